The van der Waals surface area contributed by atoms with Crippen molar-refractivity contribution in [3.63, 3.8) is 0 Å². The topological polar surface area (TPSA) is 80.8 Å². The lowest BCUT2D eigenvalue weighted by Crippen LogP contribution is -2.29. The van der Waals surface area contributed by atoms with Gasteiger partial charge in [0.05, 0.1) is 32.4 Å². The number of hydrogen-bond donors (Lipinski definition) is 0. The predicted octanol–water partition coefficient (Wildman–Crippen LogP) is 6.88. The average Bonchev–Trinajstić information content (AvgIpc) is 3.16. The zero-order valence-electron chi connectivity index (χ0n) is 20.0. The molecule has 1 aliphatic rings. The number of anilines is 1. The molecule has 0 unspecified atom stereocenters. The van der Waals surface area contributed by atoms with Crippen LogP contribution < -0.4 is 4.90 Å². The van der Waals surface area contributed by atoms with Crippen LogP contribution in [-0.4, -0.2) is 23.6 Å². The maximum Gasteiger partial charge on any atom is 0.339 e. The molecule has 38 heavy (non-hydrogen) atoms. The van der Waals surface area contributed by atoms with Crippen molar-refractivity contribution >= 4 is 52.5 Å². The van der Waals surface area contributed by atoms with Gasteiger partial charge in [-0.05, 0) is 37.3 Å². The molecule has 0 fully saturated rings. The largest absolute Gasteiger partial charge is 0.445 e. The second-order valence-electron chi connectivity index (χ2n) is 8.73. The van der Waals surface area contributed by atoms with Crippen LogP contribution in [0.1, 0.15) is 58.7 Å². The normalized spacial score (nSPS) is 13.3. The lowest BCUT2D eigenvalue weighted by molar-refractivity contribution is 0.0280. The Morgan fingerprint density at radius 1 is 0.737 bits per heavy atom. The minimum Gasteiger partial charge on any atom is -0.445 e. The molecule has 4 aromatic rings. The molecule has 0 spiro atoms. The molecular weight excluding hydrogens is 525 g/mol. The number of ketones is 1. The van der Waals surface area contributed by atoms with Crippen LogP contribution in [0.4, 0.5) is 5.69 Å². The third kappa shape index (κ3) is 4.72. The van der Waals surface area contributed by atoms with Crippen molar-refractivity contribution in [2.75, 3.05) is 4.90 Å². The number of imide groups is 1. The number of Topliss-reactive ketones (excluding diaryl/α,β-unsaturated/α-hetero) is 1. The summed E-state index contributed by atoms with van der Waals surface area (Å²) in [5.74, 6) is -2.35. The molecule has 5 rings (SSSR count). The quantitative estimate of drug-likeness (QED) is 0.150. The Balaban J connectivity index is 1.45. The summed E-state index contributed by atoms with van der Waals surface area (Å²) in [7, 11) is 0. The second-order valence-corrected chi connectivity index (χ2v) is 9.55. The maximum atomic E-state index is 13.4. The van der Waals surface area contributed by atoms with E-state index >= 15 is 0 Å². The Hall–Kier alpha value is -4.26. The highest BCUT2D eigenvalue weighted by Crippen LogP contribution is 2.34. The van der Waals surface area contributed by atoms with E-state index in [0.29, 0.717) is 11.1 Å². The van der Waals surface area contributed by atoms with Crippen LogP contribution in [0.25, 0.3) is 0 Å². The van der Waals surface area contributed by atoms with Gasteiger partial charge in [0.1, 0.15) is 0 Å². The molecule has 2 amide bonds. The monoisotopic (exact) mass is 543 g/mol. The first kappa shape index (κ1) is 25.4. The average molecular weight is 544 g/mol. The van der Waals surface area contributed by atoms with Gasteiger partial charge in [-0.25, -0.2) is 9.69 Å². The van der Waals surface area contributed by atoms with E-state index in [9.17, 15) is 19.2 Å². The highest BCUT2D eigenvalue weighted by molar-refractivity contribution is 6.44. The summed E-state index contributed by atoms with van der Waals surface area (Å²) >= 11 is 12.1. The van der Waals surface area contributed by atoms with Crippen LogP contribution in [0.2, 0.25) is 10.0 Å². The summed E-state index contributed by atoms with van der Waals surface area (Å²) in [6.45, 7) is 1.91. The van der Waals surface area contributed by atoms with E-state index in [-0.39, 0.29) is 38.2 Å². The van der Waals surface area contributed by atoms with Gasteiger partial charge in [-0.2, -0.15) is 0 Å². The summed E-state index contributed by atoms with van der Waals surface area (Å²) in [6.07, 6.45) is -1.20. The van der Waals surface area contributed by atoms with Gasteiger partial charge in [0.2, 0.25) is 5.78 Å². The molecule has 6 nitrogen and oxygen atoms in total. The molecule has 0 bridgehead atoms. The summed E-state index contributed by atoms with van der Waals surface area (Å²) in [6, 6.07) is 24.3. The third-order valence-corrected chi connectivity index (χ3v) is 6.89. The number of carbonyl (C=O) groups is 4. The van der Waals surface area contributed by atoms with Gasteiger partial charge in [0, 0.05) is 11.1 Å². The highest BCUT2D eigenvalue weighted by Gasteiger charge is 2.38. The molecule has 0 aromatic heterocycles. The molecule has 8 heteroatoms. The maximum absolute atomic E-state index is 13.4. The number of ether oxygens (including phenoxy) is 1. The van der Waals surface area contributed by atoms with E-state index in [2.05, 4.69) is 0 Å². The fourth-order valence-corrected chi connectivity index (χ4v) is 4.51. The van der Waals surface area contributed by atoms with Crippen LogP contribution in [0.15, 0.2) is 91.0 Å². The molecular formula is C30H19Cl2NO5. The fourth-order valence-electron chi connectivity index (χ4n) is 4.19. The molecule has 0 saturated carbocycles. The van der Waals surface area contributed by atoms with Gasteiger partial charge >= 0.3 is 5.97 Å². The van der Waals surface area contributed by atoms with E-state index in [0.717, 1.165) is 10.5 Å². The Labute approximate surface area is 228 Å². The van der Waals surface area contributed by atoms with Gasteiger partial charge in [-0.15, -0.1) is 0 Å². The van der Waals surface area contributed by atoms with Crippen molar-refractivity contribution in [3.8, 4) is 0 Å². The first-order valence-electron chi connectivity index (χ1n) is 11.6. The first-order valence-corrected chi connectivity index (χ1v) is 12.3. The summed E-state index contributed by atoms with van der Waals surface area (Å²) in [4.78, 5) is 53.6. The molecule has 1 heterocycles. The molecule has 0 aliphatic carbocycles. The number of rotatable bonds is 6. The minimum atomic E-state index is -1.20. The number of aryl methyl sites for hydroxylation is 1. The lowest BCUT2D eigenvalue weighted by Gasteiger charge is -2.19. The van der Waals surface area contributed by atoms with E-state index < -0.39 is 23.9 Å². The number of esters is 1. The van der Waals surface area contributed by atoms with Crippen molar-refractivity contribution in [2.24, 2.45) is 0 Å². The molecule has 0 N–H and O–H groups in total. The number of benzene rings is 4. The van der Waals surface area contributed by atoms with E-state index in [4.69, 9.17) is 27.9 Å². The number of nitrogens with zero attached hydrogens (tertiary/aromatic N) is 1. The zero-order valence-corrected chi connectivity index (χ0v) is 21.5. The molecule has 1 atom stereocenters. The molecule has 0 saturated heterocycles. The van der Waals surface area contributed by atoms with Crippen molar-refractivity contribution in [1.29, 1.82) is 0 Å². The first-order chi connectivity index (χ1) is 18.2. The SMILES string of the molecule is Cc1ccc(C(=O)[C@@H](OC(=O)c2cccc(N3C(=O)c4cc(Cl)c(Cl)cc4C3=O)c2)c2ccccc2)cc1. The number of hydrogen-bond acceptors (Lipinski definition) is 5. The van der Waals surface area contributed by atoms with Crippen LogP contribution in [0, 0.1) is 6.92 Å². The Morgan fingerprint density at radius 2 is 1.34 bits per heavy atom. The van der Waals surface area contributed by atoms with Crippen molar-refractivity contribution in [1.82, 2.24) is 0 Å². The predicted molar refractivity (Wildman–Crippen MR) is 144 cm³/mol. The third-order valence-electron chi connectivity index (χ3n) is 6.17. The van der Waals surface area contributed by atoms with Gasteiger partial charge in [-0.1, -0.05) is 89.4 Å². The summed E-state index contributed by atoms with van der Waals surface area (Å²) in [5, 5.41) is 0.298. The minimum absolute atomic E-state index is 0.0627. The molecule has 1 aliphatic heterocycles. The van der Waals surface area contributed by atoms with Crippen LogP contribution in [-0.2, 0) is 4.74 Å². The van der Waals surface area contributed by atoms with E-state index in [1.165, 1.54) is 36.4 Å². The van der Waals surface area contributed by atoms with E-state index in [1.54, 1.807) is 42.5 Å². The Morgan fingerprint density at radius 3 is 1.95 bits per heavy atom. The summed E-state index contributed by atoms with van der Waals surface area (Å²) < 4.78 is 5.72. The standard InChI is InChI=1S/C30H19Cl2NO5/c1-17-10-12-18(13-11-17)26(34)27(19-6-3-2-4-7-19)38-30(37)20-8-5-9-21(14-20)33-28(35)22-15-24(31)25(32)16-23(22)29(33)36/h2-16,27H,1H3/t27-/m0/s1. The van der Waals surface area contributed by atoms with Gasteiger partial charge in [0.25, 0.3) is 11.8 Å². The van der Waals surface area contributed by atoms with E-state index in [1.807, 2.05) is 19.1 Å². The number of carbonyl (C=O) groups excluding carboxylic acids is 4. The van der Waals surface area contributed by atoms with Crippen molar-refractivity contribution < 1.29 is 23.9 Å². The lowest BCUT2D eigenvalue weighted by atomic mass is 9.99. The van der Waals surface area contributed by atoms with Gasteiger partial charge in [-0.3, -0.25) is 14.4 Å². The van der Waals surface area contributed by atoms with Crippen LogP contribution in [0.3, 0.4) is 0 Å². The molecule has 4 aromatic carbocycles. The second kappa shape index (κ2) is 10.2. The number of fused-ring (bicyclic) bond motifs is 1. The Bertz CT molecular complexity index is 1560. The number of halogens is 2. The fraction of sp³-hybridized carbons (Fsp3) is 0.0667. The smallest absolute Gasteiger partial charge is 0.339 e. The molecule has 0 radical (unpaired) electrons. The van der Waals surface area contributed by atoms with Crippen molar-refractivity contribution in [2.45, 2.75) is 13.0 Å². The number of amides is 2. The van der Waals surface area contributed by atoms with Gasteiger partial charge < -0.3 is 4.74 Å². The Kier molecular flexibility index (Phi) is 6.85. The summed E-state index contributed by atoms with van der Waals surface area (Å²) in [5.41, 5.74) is 2.36. The van der Waals surface area contributed by atoms with Crippen LogP contribution in [0.5, 0.6) is 0 Å². The van der Waals surface area contributed by atoms with Gasteiger partial charge in [0.15, 0.2) is 6.10 Å². The highest BCUT2D eigenvalue weighted by atomic mass is 35.5. The zero-order chi connectivity index (χ0) is 27.0. The molecule has 188 valence electrons. The van der Waals surface area contributed by atoms with Crippen LogP contribution >= 0.6 is 23.2 Å². The van der Waals surface area contributed by atoms with Crippen molar-refractivity contribution in [3.05, 3.63) is 134 Å².